The average Bonchev–Trinajstić information content (AvgIpc) is 3.29. The predicted octanol–water partition coefficient (Wildman–Crippen LogP) is 6.49. The van der Waals surface area contributed by atoms with Crippen LogP contribution in [0.25, 0.3) is 0 Å². The Morgan fingerprint density at radius 1 is 0.974 bits per heavy atom. The van der Waals surface area contributed by atoms with E-state index in [9.17, 15) is 9.90 Å². The van der Waals surface area contributed by atoms with Crippen molar-refractivity contribution in [2.24, 2.45) is 0 Å². The van der Waals surface area contributed by atoms with Crippen molar-refractivity contribution in [1.29, 1.82) is 0 Å². The number of benzene rings is 2. The fraction of sp³-hybridized carbons (Fsp3) is 0.412. The Morgan fingerprint density at radius 2 is 1.69 bits per heavy atom. The standard InChI is InChI=1S/C34H42N2O2S/c1-5-35-28-18-11-9-16-26(28)33(2,3)30(35)20-7-6-8-21-31-34(4,23-14-13-22-32(37)38)27-17-10-12-19-29(27)36(31)24-15-25-39/h6-12,16-21H,5,13-15,22-25H2,1-4H3,(H-,37,38,39). The molecule has 2 aromatic carbocycles. The molecule has 4 rings (SSSR count). The molecule has 0 saturated heterocycles. The first kappa shape index (κ1) is 28.9. The number of allylic oxidation sites excluding steroid dienone is 6. The molecule has 2 aromatic rings. The minimum absolute atomic E-state index is 0.0454. The molecule has 0 saturated carbocycles. The van der Waals surface area contributed by atoms with Crippen molar-refractivity contribution in [1.82, 2.24) is 0 Å². The molecule has 0 aliphatic carbocycles. The van der Waals surface area contributed by atoms with E-state index in [1.165, 1.54) is 33.9 Å². The van der Waals surface area contributed by atoms with Crippen LogP contribution < -0.4 is 10.0 Å². The van der Waals surface area contributed by atoms with Crippen LogP contribution >= 0.6 is 12.6 Å². The monoisotopic (exact) mass is 542 g/mol. The molecular formula is C34H42N2O2S. The van der Waals surface area contributed by atoms with Crippen LogP contribution in [-0.4, -0.2) is 35.1 Å². The lowest BCUT2D eigenvalue weighted by atomic mass is 9.77. The van der Waals surface area contributed by atoms with E-state index >= 15 is 0 Å². The fourth-order valence-corrected chi connectivity index (χ4v) is 6.48. The number of hydrogen-bond donors (Lipinski definition) is 1. The number of nitrogens with zero attached hydrogens (tertiary/aromatic N) is 2. The number of unbranched alkanes of at least 4 members (excludes halogenated alkanes) is 1. The van der Waals surface area contributed by atoms with Crippen molar-refractivity contribution >= 4 is 35.7 Å². The number of anilines is 1. The molecule has 2 aliphatic rings. The third kappa shape index (κ3) is 5.79. The van der Waals surface area contributed by atoms with E-state index in [2.05, 4.69) is 129 Å². The zero-order chi connectivity index (χ0) is 28.0. The maximum atomic E-state index is 11.0. The van der Waals surface area contributed by atoms with E-state index in [1.807, 2.05) is 0 Å². The Balaban J connectivity index is 1.62. The van der Waals surface area contributed by atoms with Crippen LogP contribution in [0.4, 0.5) is 11.4 Å². The number of para-hydroxylation sites is 2. The number of hydrogen-bond acceptors (Lipinski definition) is 4. The predicted molar refractivity (Wildman–Crippen MR) is 164 cm³/mol. The van der Waals surface area contributed by atoms with Gasteiger partial charge in [-0.1, -0.05) is 61.0 Å². The zero-order valence-corrected chi connectivity index (χ0v) is 24.7. The minimum atomic E-state index is -0.971. The summed E-state index contributed by atoms with van der Waals surface area (Å²) in [5.74, 6) is -0.140. The second-order valence-electron chi connectivity index (χ2n) is 11.2. The van der Waals surface area contributed by atoms with Gasteiger partial charge in [0.05, 0.1) is 5.41 Å². The number of carboxylic acids is 1. The van der Waals surface area contributed by atoms with Crippen LogP contribution in [0.3, 0.4) is 0 Å². The summed E-state index contributed by atoms with van der Waals surface area (Å²) in [5.41, 5.74) is 7.57. The highest BCUT2D eigenvalue weighted by molar-refractivity contribution is 7.80. The number of rotatable bonds is 12. The maximum absolute atomic E-state index is 11.0. The number of carboxylic acid groups (broad SMARTS) is 1. The Labute approximate surface area is 239 Å². The number of carbonyl (C=O) groups is 1. The number of carbonyl (C=O) groups excluding carboxylic acids is 1. The third-order valence-electron chi connectivity index (χ3n) is 8.34. The van der Waals surface area contributed by atoms with E-state index in [-0.39, 0.29) is 17.3 Å². The Kier molecular flexibility index (Phi) is 9.22. The quantitative estimate of drug-likeness (QED) is 0.144. The number of aliphatic carboxylic acids is 1. The molecule has 2 heterocycles. The SMILES string of the molecule is CC[N+]1=C(/C=C/C=C/C=C2/N(CCCS)c3ccccc3C2(C)CCCCC(=O)[O-])C(C)(C)c2ccccc21. The van der Waals surface area contributed by atoms with Crippen molar-refractivity contribution in [2.75, 3.05) is 23.7 Å². The van der Waals surface area contributed by atoms with Gasteiger partial charge in [-0.05, 0) is 76.8 Å². The molecule has 0 N–H and O–H groups in total. The fourth-order valence-electron chi connectivity index (χ4n) is 6.33. The molecule has 0 spiro atoms. The first-order valence-corrected chi connectivity index (χ1v) is 14.9. The van der Waals surface area contributed by atoms with Crippen LogP contribution in [0.5, 0.6) is 0 Å². The molecule has 0 aromatic heterocycles. The summed E-state index contributed by atoms with van der Waals surface area (Å²) in [5, 5.41) is 11.0. The normalized spacial score (nSPS) is 20.9. The lowest BCUT2D eigenvalue weighted by Gasteiger charge is -2.30. The summed E-state index contributed by atoms with van der Waals surface area (Å²) in [6.45, 7) is 10.9. The Bertz CT molecular complexity index is 1320. The summed E-state index contributed by atoms with van der Waals surface area (Å²) in [7, 11) is 0. The summed E-state index contributed by atoms with van der Waals surface area (Å²) in [6, 6.07) is 17.3. The van der Waals surface area contributed by atoms with Crippen molar-refractivity contribution in [2.45, 2.75) is 70.6 Å². The van der Waals surface area contributed by atoms with E-state index in [0.29, 0.717) is 6.42 Å². The van der Waals surface area contributed by atoms with Gasteiger partial charge in [-0.2, -0.15) is 17.2 Å². The van der Waals surface area contributed by atoms with Crippen molar-refractivity contribution in [3.05, 3.63) is 95.7 Å². The van der Waals surface area contributed by atoms with Gasteiger partial charge in [0.1, 0.15) is 6.54 Å². The molecule has 206 valence electrons. The average molecular weight is 543 g/mol. The maximum Gasteiger partial charge on any atom is 0.209 e. The number of thiol groups is 1. The van der Waals surface area contributed by atoms with Crippen LogP contribution in [0, 0.1) is 0 Å². The topological polar surface area (TPSA) is 46.4 Å². The van der Waals surface area contributed by atoms with Gasteiger partial charge in [0.15, 0.2) is 5.71 Å². The molecule has 1 atom stereocenters. The Morgan fingerprint density at radius 3 is 2.41 bits per heavy atom. The van der Waals surface area contributed by atoms with E-state index in [1.54, 1.807) is 0 Å². The van der Waals surface area contributed by atoms with Gasteiger partial charge in [-0.15, -0.1) is 0 Å². The van der Waals surface area contributed by atoms with Crippen molar-refractivity contribution in [3.8, 4) is 0 Å². The molecule has 2 aliphatic heterocycles. The molecular weight excluding hydrogens is 500 g/mol. The van der Waals surface area contributed by atoms with Crippen LogP contribution in [0.2, 0.25) is 0 Å². The van der Waals surface area contributed by atoms with Gasteiger partial charge in [0, 0.05) is 47.0 Å². The zero-order valence-electron chi connectivity index (χ0n) is 23.8. The molecule has 1 unspecified atom stereocenters. The first-order chi connectivity index (χ1) is 18.8. The Hall–Kier alpha value is -3.05. The molecule has 4 nitrogen and oxygen atoms in total. The largest absolute Gasteiger partial charge is 0.550 e. The van der Waals surface area contributed by atoms with Crippen LogP contribution in [0.1, 0.15) is 70.9 Å². The third-order valence-corrected chi connectivity index (χ3v) is 8.66. The van der Waals surface area contributed by atoms with Crippen LogP contribution in [0.15, 0.2) is 84.6 Å². The molecule has 0 fully saturated rings. The molecule has 5 heteroatoms. The smallest absolute Gasteiger partial charge is 0.209 e. The lowest BCUT2D eigenvalue weighted by molar-refractivity contribution is -0.433. The van der Waals surface area contributed by atoms with Gasteiger partial charge in [0.2, 0.25) is 5.69 Å². The molecule has 0 radical (unpaired) electrons. The van der Waals surface area contributed by atoms with Crippen molar-refractivity contribution in [3.63, 3.8) is 0 Å². The number of fused-ring (bicyclic) bond motifs is 2. The summed E-state index contributed by atoms with van der Waals surface area (Å²) in [6.07, 6.45) is 14.4. The highest BCUT2D eigenvalue weighted by Crippen LogP contribution is 2.50. The molecule has 0 bridgehead atoms. The van der Waals surface area contributed by atoms with E-state index in [0.717, 1.165) is 38.1 Å². The van der Waals surface area contributed by atoms with Crippen LogP contribution in [-0.2, 0) is 15.6 Å². The lowest BCUT2D eigenvalue weighted by Crippen LogP contribution is -2.29. The van der Waals surface area contributed by atoms with Gasteiger partial charge in [-0.3, -0.25) is 0 Å². The van der Waals surface area contributed by atoms with E-state index < -0.39 is 5.97 Å². The van der Waals surface area contributed by atoms with Crippen molar-refractivity contribution < 1.29 is 14.5 Å². The molecule has 0 amide bonds. The first-order valence-electron chi connectivity index (χ1n) is 14.2. The highest BCUT2D eigenvalue weighted by Gasteiger charge is 2.44. The van der Waals surface area contributed by atoms with Gasteiger partial charge < -0.3 is 14.8 Å². The summed E-state index contributed by atoms with van der Waals surface area (Å²) >= 11 is 4.48. The molecule has 39 heavy (non-hydrogen) atoms. The minimum Gasteiger partial charge on any atom is -0.550 e. The summed E-state index contributed by atoms with van der Waals surface area (Å²) < 4.78 is 2.41. The van der Waals surface area contributed by atoms with E-state index in [4.69, 9.17) is 0 Å². The highest BCUT2D eigenvalue weighted by atomic mass is 32.1. The van der Waals surface area contributed by atoms with Gasteiger partial charge in [-0.25, -0.2) is 0 Å². The van der Waals surface area contributed by atoms with Gasteiger partial charge >= 0.3 is 0 Å². The van der Waals surface area contributed by atoms with Gasteiger partial charge in [0.25, 0.3) is 0 Å². The summed E-state index contributed by atoms with van der Waals surface area (Å²) in [4.78, 5) is 13.4. The second kappa shape index (κ2) is 12.4. The second-order valence-corrected chi connectivity index (χ2v) is 11.7.